The summed E-state index contributed by atoms with van der Waals surface area (Å²) in [5.74, 6) is 0.873. The van der Waals surface area contributed by atoms with Gasteiger partial charge < -0.3 is 0 Å². The molecule has 8 heteroatoms. The monoisotopic (exact) mass is 357 g/mol. The number of aryl methyl sites for hydroxylation is 1. The van der Waals surface area contributed by atoms with Gasteiger partial charge in [-0.05, 0) is 48.3 Å². The number of hydrogen-bond donors (Lipinski definition) is 0. The minimum atomic E-state index is 0.123. The highest BCUT2D eigenvalue weighted by atomic mass is 79.9. The molecule has 0 radical (unpaired) electrons. The van der Waals surface area contributed by atoms with Gasteiger partial charge in [0.1, 0.15) is 5.82 Å². The zero-order valence-corrected chi connectivity index (χ0v) is 12.7. The second-order valence-corrected chi connectivity index (χ2v) is 5.39. The Hall–Kier alpha value is -1.24. The van der Waals surface area contributed by atoms with E-state index in [2.05, 4.69) is 35.9 Å². The van der Waals surface area contributed by atoms with Crippen molar-refractivity contribution in [2.24, 2.45) is 0 Å². The zero-order valence-electron chi connectivity index (χ0n) is 9.60. The van der Waals surface area contributed by atoms with Crippen molar-refractivity contribution < 1.29 is 0 Å². The molecule has 3 aromatic rings. The highest BCUT2D eigenvalue weighted by Gasteiger charge is 2.14. The average Bonchev–Trinajstić information content (AvgIpc) is 2.62. The van der Waals surface area contributed by atoms with Gasteiger partial charge in [0, 0.05) is 4.47 Å². The van der Waals surface area contributed by atoms with E-state index < -0.39 is 0 Å². The Morgan fingerprint density at radius 2 is 1.89 bits per heavy atom. The van der Waals surface area contributed by atoms with Gasteiger partial charge in [-0.25, -0.2) is 9.97 Å². The first-order chi connectivity index (χ1) is 9.04. The summed E-state index contributed by atoms with van der Waals surface area (Å²) in [6.07, 6.45) is 0. The number of rotatable bonds is 1. The second-order valence-electron chi connectivity index (χ2n) is 3.80. The van der Waals surface area contributed by atoms with Gasteiger partial charge >= 0.3 is 0 Å². The van der Waals surface area contributed by atoms with Crippen LogP contribution < -0.4 is 0 Å². The molecule has 0 spiro atoms. The lowest BCUT2D eigenvalue weighted by Gasteiger charge is -2.04. The largest absolute Gasteiger partial charge is 0.251 e. The van der Waals surface area contributed by atoms with E-state index in [9.17, 15) is 0 Å². The maximum Gasteiger partial charge on any atom is 0.241 e. The van der Waals surface area contributed by atoms with Crippen LogP contribution in [0.5, 0.6) is 0 Å². The first-order valence-electron chi connectivity index (χ1n) is 5.26. The number of fused-ring (bicyclic) bond motifs is 1. The summed E-state index contributed by atoms with van der Waals surface area (Å²) in [5, 5.41) is 0.396. The molecule has 19 heavy (non-hydrogen) atoms. The molecule has 1 aromatic carbocycles. The van der Waals surface area contributed by atoms with Crippen molar-refractivity contribution in [2.75, 3.05) is 0 Å². The van der Waals surface area contributed by atoms with Crippen LogP contribution in [0.1, 0.15) is 5.82 Å². The summed E-state index contributed by atoms with van der Waals surface area (Å²) < 4.78 is 2.55. The lowest BCUT2D eigenvalue weighted by atomic mass is 10.3. The van der Waals surface area contributed by atoms with Crippen LogP contribution in [-0.4, -0.2) is 24.5 Å². The quantitative estimate of drug-likeness (QED) is 0.667. The predicted molar refractivity (Wildman–Crippen MR) is 76.9 cm³/mol. The minimum absolute atomic E-state index is 0.123. The highest BCUT2D eigenvalue weighted by Crippen LogP contribution is 2.25. The Kier molecular flexibility index (Phi) is 3.16. The van der Waals surface area contributed by atoms with E-state index in [1.54, 1.807) is 11.5 Å². The molecule has 0 saturated carbocycles. The normalized spacial score (nSPS) is 11.2. The molecule has 3 rings (SSSR count). The van der Waals surface area contributed by atoms with E-state index in [-0.39, 0.29) is 10.6 Å². The van der Waals surface area contributed by atoms with Gasteiger partial charge in [-0.3, -0.25) is 4.57 Å². The fourth-order valence-electron chi connectivity index (χ4n) is 1.75. The van der Waals surface area contributed by atoms with Gasteiger partial charge in [-0.1, -0.05) is 15.9 Å². The molecule has 2 aromatic heterocycles. The summed E-state index contributed by atoms with van der Waals surface area (Å²) in [7, 11) is 0. The van der Waals surface area contributed by atoms with Gasteiger partial charge in [0.15, 0.2) is 0 Å². The molecule has 2 heterocycles. The molecule has 0 bridgehead atoms. The molecule has 96 valence electrons. The fourth-order valence-corrected chi connectivity index (χ4v) is 2.55. The van der Waals surface area contributed by atoms with Crippen LogP contribution in [0.2, 0.25) is 10.6 Å². The third kappa shape index (κ3) is 2.31. The Morgan fingerprint density at radius 3 is 2.63 bits per heavy atom. The smallest absolute Gasteiger partial charge is 0.241 e. The third-order valence-electron chi connectivity index (χ3n) is 2.48. The molecule has 0 saturated heterocycles. The Labute approximate surface area is 126 Å². The lowest BCUT2D eigenvalue weighted by molar-refractivity contribution is 0.880. The molecular formula is C11H6BrCl2N5. The predicted octanol–water partition coefficient (Wildman–Crippen LogP) is 3.59. The first-order valence-corrected chi connectivity index (χ1v) is 6.81. The zero-order chi connectivity index (χ0) is 13.6. The van der Waals surface area contributed by atoms with E-state index >= 15 is 0 Å². The summed E-state index contributed by atoms with van der Waals surface area (Å²) >= 11 is 15.4. The van der Waals surface area contributed by atoms with Gasteiger partial charge in [0.05, 0.1) is 11.0 Å². The Morgan fingerprint density at radius 1 is 1.11 bits per heavy atom. The van der Waals surface area contributed by atoms with E-state index in [1.165, 1.54) is 0 Å². The van der Waals surface area contributed by atoms with Crippen LogP contribution in [0, 0.1) is 6.92 Å². The molecule has 0 N–H and O–H groups in total. The first kappa shape index (κ1) is 12.8. The maximum atomic E-state index is 6.15. The van der Waals surface area contributed by atoms with Crippen LogP contribution >= 0.6 is 39.1 Å². The van der Waals surface area contributed by atoms with E-state index in [0.717, 1.165) is 15.5 Å². The van der Waals surface area contributed by atoms with E-state index in [0.29, 0.717) is 11.8 Å². The molecule has 0 aliphatic rings. The molecular weight excluding hydrogens is 353 g/mol. The van der Waals surface area contributed by atoms with Gasteiger partial charge in [-0.2, -0.15) is 9.97 Å². The lowest BCUT2D eigenvalue weighted by Crippen LogP contribution is -2.04. The van der Waals surface area contributed by atoms with Crippen molar-refractivity contribution in [1.82, 2.24) is 24.5 Å². The summed E-state index contributed by atoms with van der Waals surface area (Å²) in [6, 6.07) is 5.64. The van der Waals surface area contributed by atoms with Crippen LogP contribution in [0.15, 0.2) is 22.7 Å². The third-order valence-corrected chi connectivity index (χ3v) is 3.40. The molecule has 5 nitrogen and oxygen atoms in total. The van der Waals surface area contributed by atoms with Crippen LogP contribution in [0.4, 0.5) is 0 Å². The number of imidazole rings is 1. The summed E-state index contributed by atoms with van der Waals surface area (Å²) in [6.45, 7) is 1.74. The van der Waals surface area contributed by atoms with Gasteiger partial charge in [0.2, 0.25) is 16.5 Å². The number of halogens is 3. The molecule has 0 aliphatic carbocycles. The SMILES string of the molecule is Cc1nc(Cl)nc(-n2c(Cl)nc3cc(Br)ccc32)n1. The summed E-state index contributed by atoms with van der Waals surface area (Å²) in [4.78, 5) is 16.5. The topological polar surface area (TPSA) is 56.5 Å². The number of benzene rings is 1. The van der Waals surface area contributed by atoms with Crippen molar-refractivity contribution in [3.8, 4) is 5.95 Å². The molecule has 0 unspecified atom stereocenters. The minimum Gasteiger partial charge on any atom is -0.251 e. The highest BCUT2D eigenvalue weighted by molar-refractivity contribution is 9.10. The van der Waals surface area contributed by atoms with Crippen molar-refractivity contribution in [3.63, 3.8) is 0 Å². The van der Waals surface area contributed by atoms with Gasteiger partial charge in [-0.15, -0.1) is 0 Å². The van der Waals surface area contributed by atoms with E-state index in [4.69, 9.17) is 23.2 Å². The standard InChI is InChI=1S/C11H6BrCl2N5/c1-5-15-9(13)18-11(16-5)19-8-3-2-6(12)4-7(8)17-10(19)14/h2-4H,1H3. The molecule has 0 aliphatic heterocycles. The van der Waals surface area contributed by atoms with Crippen LogP contribution in [0.25, 0.3) is 17.0 Å². The number of nitrogens with zero attached hydrogens (tertiary/aromatic N) is 5. The summed E-state index contributed by atoms with van der Waals surface area (Å²) in [5.41, 5.74) is 1.54. The Balaban J connectivity index is 2.32. The van der Waals surface area contributed by atoms with Crippen molar-refractivity contribution in [3.05, 3.63) is 39.1 Å². The molecule has 0 fully saturated rings. The molecule has 0 atom stereocenters. The van der Waals surface area contributed by atoms with Crippen molar-refractivity contribution in [2.45, 2.75) is 6.92 Å². The maximum absolute atomic E-state index is 6.15. The molecule has 0 amide bonds. The van der Waals surface area contributed by atoms with E-state index in [1.807, 2.05) is 18.2 Å². The number of aromatic nitrogens is 5. The van der Waals surface area contributed by atoms with Crippen LogP contribution in [0.3, 0.4) is 0 Å². The number of hydrogen-bond acceptors (Lipinski definition) is 4. The van der Waals surface area contributed by atoms with Crippen molar-refractivity contribution in [1.29, 1.82) is 0 Å². The second kappa shape index (κ2) is 4.70. The average molecular weight is 359 g/mol. The fraction of sp³-hybridized carbons (Fsp3) is 0.0909. The van der Waals surface area contributed by atoms with Crippen LogP contribution in [-0.2, 0) is 0 Å². The van der Waals surface area contributed by atoms with Gasteiger partial charge in [0.25, 0.3) is 0 Å². The Bertz CT molecular complexity index is 766. The van der Waals surface area contributed by atoms with Crippen molar-refractivity contribution >= 4 is 50.2 Å².